The first-order chi connectivity index (χ1) is 11.7. The Labute approximate surface area is 141 Å². The third-order valence-electron chi connectivity index (χ3n) is 4.25. The Morgan fingerprint density at radius 1 is 1.21 bits per heavy atom. The molecule has 2 aromatic rings. The number of benzene rings is 2. The van der Waals surface area contributed by atoms with Crippen LogP contribution in [0.25, 0.3) is 0 Å². The van der Waals surface area contributed by atoms with E-state index in [4.69, 9.17) is 4.74 Å². The number of urea groups is 1. The number of amides is 2. The summed E-state index contributed by atoms with van der Waals surface area (Å²) in [5.41, 5.74) is 2.90. The maximum absolute atomic E-state index is 13.0. The van der Waals surface area contributed by atoms with Gasteiger partial charge in [-0.1, -0.05) is 30.3 Å². The first-order valence-corrected chi connectivity index (χ1v) is 8.07. The lowest BCUT2D eigenvalue weighted by Gasteiger charge is -2.12. The maximum atomic E-state index is 13.0. The predicted molar refractivity (Wildman–Crippen MR) is 91.7 cm³/mol. The minimum atomic E-state index is -0.241. The van der Waals surface area contributed by atoms with Crippen LogP contribution in [0, 0.1) is 5.82 Å². The third kappa shape index (κ3) is 4.11. The predicted octanol–water partition coefficient (Wildman–Crippen LogP) is 3.69. The number of carbonyl (C=O) groups is 1. The van der Waals surface area contributed by atoms with Crippen LogP contribution in [-0.2, 0) is 11.2 Å². The molecule has 24 heavy (non-hydrogen) atoms. The topological polar surface area (TPSA) is 50.4 Å². The molecule has 0 saturated heterocycles. The Kier molecular flexibility index (Phi) is 5.11. The molecular formula is C19H21FN2O2. The zero-order valence-corrected chi connectivity index (χ0v) is 13.6. The van der Waals surface area contributed by atoms with Gasteiger partial charge in [0.1, 0.15) is 5.82 Å². The summed E-state index contributed by atoms with van der Waals surface area (Å²) in [4.78, 5) is 12.2. The molecule has 126 valence electrons. The van der Waals surface area contributed by atoms with Gasteiger partial charge in [-0.2, -0.15) is 0 Å². The molecule has 0 spiro atoms. The largest absolute Gasteiger partial charge is 0.384 e. The van der Waals surface area contributed by atoms with E-state index < -0.39 is 0 Å². The molecule has 0 heterocycles. The second-order valence-corrected chi connectivity index (χ2v) is 6.00. The second kappa shape index (κ2) is 7.45. The van der Waals surface area contributed by atoms with Gasteiger partial charge in [0.05, 0.1) is 6.61 Å². The van der Waals surface area contributed by atoms with Gasteiger partial charge in [0, 0.05) is 24.8 Å². The highest BCUT2D eigenvalue weighted by atomic mass is 19.1. The minimum absolute atomic E-state index is 0.0987. The molecule has 2 atom stereocenters. The van der Waals surface area contributed by atoms with Crippen LogP contribution in [-0.4, -0.2) is 25.8 Å². The lowest BCUT2D eigenvalue weighted by molar-refractivity contribution is 0.202. The summed E-state index contributed by atoms with van der Waals surface area (Å²) in [5, 5.41) is 5.88. The van der Waals surface area contributed by atoms with Crippen molar-refractivity contribution in [1.82, 2.24) is 5.32 Å². The molecule has 2 amide bonds. The van der Waals surface area contributed by atoms with Gasteiger partial charge in [0.25, 0.3) is 0 Å². The lowest BCUT2D eigenvalue weighted by atomic mass is 10.1. The summed E-state index contributed by atoms with van der Waals surface area (Å²) in [7, 11) is 1.66. The average molecular weight is 328 g/mol. The maximum Gasteiger partial charge on any atom is 0.319 e. The normalized spacial score (nSPS) is 18.9. The average Bonchev–Trinajstić information content (AvgIpc) is 3.33. The highest BCUT2D eigenvalue weighted by Crippen LogP contribution is 2.40. The van der Waals surface area contributed by atoms with E-state index in [1.807, 2.05) is 24.3 Å². The van der Waals surface area contributed by atoms with E-state index in [0.29, 0.717) is 6.61 Å². The van der Waals surface area contributed by atoms with E-state index in [-0.39, 0.29) is 23.8 Å². The van der Waals surface area contributed by atoms with Crippen molar-refractivity contribution < 1.29 is 13.9 Å². The summed E-state index contributed by atoms with van der Waals surface area (Å²) in [6.07, 6.45) is 1.62. The van der Waals surface area contributed by atoms with Gasteiger partial charge >= 0.3 is 6.03 Å². The van der Waals surface area contributed by atoms with Crippen molar-refractivity contribution in [3.63, 3.8) is 0 Å². The number of carbonyl (C=O) groups excluding carboxylic acids is 1. The summed E-state index contributed by atoms with van der Waals surface area (Å²) in [6.45, 7) is 0.607. The van der Waals surface area contributed by atoms with Gasteiger partial charge in [-0.25, -0.2) is 9.18 Å². The number of halogens is 1. The van der Waals surface area contributed by atoms with Crippen molar-refractivity contribution in [2.24, 2.45) is 0 Å². The van der Waals surface area contributed by atoms with Gasteiger partial charge in [-0.05, 0) is 42.2 Å². The smallest absolute Gasteiger partial charge is 0.319 e. The molecule has 0 aliphatic heterocycles. The fourth-order valence-electron chi connectivity index (χ4n) is 2.83. The first-order valence-electron chi connectivity index (χ1n) is 8.07. The second-order valence-electron chi connectivity index (χ2n) is 6.00. The highest BCUT2D eigenvalue weighted by molar-refractivity contribution is 5.90. The number of rotatable bonds is 6. The molecule has 1 saturated carbocycles. The van der Waals surface area contributed by atoms with Crippen LogP contribution in [0.5, 0.6) is 0 Å². The van der Waals surface area contributed by atoms with Crippen molar-refractivity contribution in [3.8, 4) is 0 Å². The highest BCUT2D eigenvalue weighted by Gasteiger charge is 2.39. The zero-order chi connectivity index (χ0) is 16.9. The Morgan fingerprint density at radius 3 is 2.71 bits per heavy atom. The minimum Gasteiger partial charge on any atom is -0.384 e. The van der Waals surface area contributed by atoms with Crippen LogP contribution in [0.1, 0.15) is 23.5 Å². The van der Waals surface area contributed by atoms with Crippen LogP contribution in [0.15, 0.2) is 48.5 Å². The Balaban J connectivity index is 1.54. The molecule has 5 heteroatoms. The van der Waals surface area contributed by atoms with Crippen molar-refractivity contribution in [2.45, 2.75) is 24.8 Å². The summed E-state index contributed by atoms with van der Waals surface area (Å²) < 4.78 is 18.1. The molecule has 3 rings (SSSR count). The summed E-state index contributed by atoms with van der Waals surface area (Å²) >= 11 is 0. The fraction of sp³-hybridized carbons (Fsp3) is 0.316. The van der Waals surface area contributed by atoms with Crippen molar-refractivity contribution >= 4 is 11.7 Å². The fourth-order valence-corrected chi connectivity index (χ4v) is 2.83. The van der Waals surface area contributed by atoms with Crippen molar-refractivity contribution in [3.05, 3.63) is 65.5 Å². The molecule has 4 nitrogen and oxygen atoms in total. The third-order valence-corrected chi connectivity index (χ3v) is 4.25. The number of nitrogens with one attached hydrogen (secondary N) is 2. The van der Waals surface area contributed by atoms with Gasteiger partial charge < -0.3 is 15.4 Å². The van der Waals surface area contributed by atoms with Crippen molar-refractivity contribution in [1.29, 1.82) is 0 Å². The van der Waals surface area contributed by atoms with E-state index in [0.717, 1.165) is 29.7 Å². The van der Waals surface area contributed by atoms with Crippen molar-refractivity contribution in [2.75, 3.05) is 19.0 Å². The quantitative estimate of drug-likeness (QED) is 0.849. The Bertz CT molecular complexity index is 703. The molecule has 2 aromatic carbocycles. The zero-order valence-electron chi connectivity index (χ0n) is 13.6. The number of methoxy groups -OCH3 is 1. The summed E-state index contributed by atoms with van der Waals surface area (Å²) in [5.74, 6) is 0.0226. The van der Waals surface area contributed by atoms with E-state index in [9.17, 15) is 9.18 Å². The van der Waals surface area contributed by atoms with E-state index >= 15 is 0 Å². The van der Waals surface area contributed by atoms with Crippen LogP contribution in [0.4, 0.5) is 14.9 Å². The number of anilines is 1. The van der Waals surface area contributed by atoms with Gasteiger partial charge in [-0.3, -0.25) is 0 Å². The van der Waals surface area contributed by atoms with E-state index in [1.54, 1.807) is 19.2 Å². The number of ether oxygens (including phenoxy) is 1. The lowest BCUT2D eigenvalue weighted by Crippen LogP contribution is -2.31. The SMILES string of the molecule is COCCc1ccccc1NC(=O)N[C@@H]1C[C@H]1c1ccc(F)cc1. The van der Waals surface area contributed by atoms with Crippen LogP contribution < -0.4 is 10.6 Å². The molecule has 0 aromatic heterocycles. The summed E-state index contributed by atoms with van der Waals surface area (Å²) in [6, 6.07) is 14.1. The van der Waals surface area contributed by atoms with E-state index in [2.05, 4.69) is 10.6 Å². The molecule has 1 aliphatic rings. The Morgan fingerprint density at radius 2 is 1.96 bits per heavy atom. The molecule has 1 aliphatic carbocycles. The number of hydrogen-bond donors (Lipinski definition) is 2. The monoisotopic (exact) mass is 328 g/mol. The molecule has 0 radical (unpaired) electrons. The molecule has 1 fully saturated rings. The number of para-hydroxylation sites is 1. The molecule has 2 N–H and O–H groups in total. The molecular weight excluding hydrogens is 307 g/mol. The standard InChI is InChI=1S/C19H21FN2O2/c1-24-11-10-14-4-2-3-5-17(14)21-19(23)22-18-12-16(18)13-6-8-15(20)9-7-13/h2-9,16,18H,10-12H2,1H3,(H2,21,22,23)/t16-,18+/m0/s1. The van der Waals surface area contributed by atoms with Gasteiger partial charge in [0.2, 0.25) is 0 Å². The first kappa shape index (κ1) is 16.5. The van der Waals surface area contributed by atoms with Crippen LogP contribution >= 0.6 is 0 Å². The van der Waals surface area contributed by atoms with E-state index in [1.165, 1.54) is 12.1 Å². The van der Waals surface area contributed by atoms with Crippen LogP contribution in [0.3, 0.4) is 0 Å². The Hall–Kier alpha value is -2.40. The van der Waals surface area contributed by atoms with Gasteiger partial charge in [0.15, 0.2) is 0 Å². The number of hydrogen-bond acceptors (Lipinski definition) is 2. The molecule has 0 bridgehead atoms. The van der Waals surface area contributed by atoms with Gasteiger partial charge in [-0.15, -0.1) is 0 Å². The molecule has 0 unspecified atom stereocenters. The van der Waals surface area contributed by atoms with Crippen LogP contribution in [0.2, 0.25) is 0 Å².